The number of nitrogens with one attached hydrogen (secondary N) is 1. The summed E-state index contributed by atoms with van der Waals surface area (Å²) in [6.45, 7) is 5.26. The lowest BCUT2D eigenvalue weighted by Gasteiger charge is -2.40. The van der Waals surface area contributed by atoms with E-state index in [2.05, 4.69) is 16.4 Å². The first-order chi connectivity index (χ1) is 14.2. The average Bonchev–Trinajstić information content (AvgIpc) is 2.71. The number of amidine groups is 1. The molecule has 8 heteroatoms. The zero-order valence-electron chi connectivity index (χ0n) is 16.8. The third-order valence-corrected chi connectivity index (χ3v) is 4.72. The second-order valence-electron chi connectivity index (χ2n) is 7.29. The van der Waals surface area contributed by atoms with Crippen molar-refractivity contribution in [3.05, 3.63) is 65.0 Å². The van der Waals surface area contributed by atoms with Gasteiger partial charge >= 0.3 is 6.09 Å². The molecule has 2 aromatic rings. The Kier molecular flexibility index (Phi) is 6.04. The SMILES string of the molecule is CCOC(=O)NC(=NC1c2cc(C#N)ccc2OC(C)(C)C1O)c1ccc(F)cc1. The Hall–Kier alpha value is -3.44. The highest BCUT2D eigenvalue weighted by atomic mass is 19.1. The molecule has 1 amide bonds. The first-order valence-corrected chi connectivity index (χ1v) is 9.43. The molecule has 3 rings (SSSR count). The highest BCUT2D eigenvalue weighted by Gasteiger charge is 2.43. The molecule has 2 N–H and O–H groups in total. The zero-order chi connectivity index (χ0) is 21.9. The van der Waals surface area contributed by atoms with Gasteiger partial charge < -0.3 is 14.6 Å². The number of hydrogen-bond donors (Lipinski definition) is 2. The number of hydrogen-bond acceptors (Lipinski definition) is 6. The van der Waals surface area contributed by atoms with Crippen molar-refractivity contribution < 1.29 is 23.8 Å². The number of aliphatic hydroxyl groups excluding tert-OH is 1. The fourth-order valence-corrected chi connectivity index (χ4v) is 3.17. The maximum atomic E-state index is 13.4. The number of aliphatic imine (C=N–C) groups is 1. The number of carbonyl (C=O) groups is 1. The van der Waals surface area contributed by atoms with Gasteiger partial charge in [-0.2, -0.15) is 5.26 Å². The summed E-state index contributed by atoms with van der Waals surface area (Å²) in [7, 11) is 0. The second kappa shape index (κ2) is 8.51. The van der Waals surface area contributed by atoms with Crippen LogP contribution in [0, 0.1) is 17.1 Å². The molecule has 1 aliphatic rings. The van der Waals surface area contributed by atoms with Gasteiger partial charge in [0.05, 0.1) is 18.2 Å². The number of carbonyl (C=O) groups excluding carboxylic acids is 1. The maximum Gasteiger partial charge on any atom is 0.412 e. The van der Waals surface area contributed by atoms with E-state index in [1.807, 2.05) is 0 Å². The molecule has 1 aliphatic heterocycles. The summed E-state index contributed by atoms with van der Waals surface area (Å²) in [6, 6.07) is 11.5. The molecule has 0 radical (unpaired) electrons. The van der Waals surface area contributed by atoms with Gasteiger partial charge in [0.15, 0.2) is 0 Å². The number of amides is 1. The Balaban J connectivity index is 2.13. The third-order valence-electron chi connectivity index (χ3n) is 4.72. The van der Waals surface area contributed by atoms with Gasteiger partial charge in [-0.25, -0.2) is 9.18 Å². The fourth-order valence-electron chi connectivity index (χ4n) is 3.17. The van der Waals surface area contributed by atoms with Gasteiger partial charge in [-0.05, 0) is 63.2 Å². The van der Waals surface area contributed by atoms with Crippen molar-refractivity contribution in [2.24, 2.45) is 4.99 Å². The van der Waals surface area contributed by atoms with Crippen LogP contribution in [0.2, 0.25) is 0 Å². The van der Waals surface area contributed by atoms with Crippen LogP contribution in [0.15, 0.2) is 47.5 Å². The second-order valence-corrected chi connectivity index (χ2v) is 7.29. The molecule has 1 heterocycles. The van der Waals surface area contributed by atoms with E-state index in [0.717, 1.165) is 0 Å². The van der Waals surface area contributed by atoms with Crippen molar-refractivity contribution in [2.75, 3.05) is 6.61 Å². The number of fused-ring (bicyclic) bond motifs is 1. The van der Waals surface area contributed by atoms with Crippen LogP contribution in [0.4, 0.5) is 9.18 Å². The molecule has 0 aliphatic carbocycles. The smallest absolute Gasteiger partial charge is 0.412 e. The minimum absolute atomic E-state index is 0.100. The van der Waals surface area contributed by atoms with E-state index >= 15 is 0 Å². The predicted octanol–water partition coefficient (Wildman–Crippen LogP) is 3.46. The van der Waals surface area contributed by atoms with Gasteiger partial charge in [-0.3, -0.25) is 10.3 Å². The molecule has 30 heavy (non-hydrogen) atoms. The van der Waals surface area contributed by atoms with Gasteiger partial charge in [0, 0.05) is 11.1 Å². The Bertz CT molecular complexity index is 1010. The maximum absolute atomic E-state index is 13.4. The molecule has 0 saturated carbocycles. The van der Waals surface area contributed by atoms with Crippen molar-refractivity contribution >= 4 is 11.9 Å². The molecule has 2 aromatic carbocycles. The van der Waals surface area contributed by atoms with E-state index in [-0.39, 0.29) is 12.4 Å². The monoisotopic (exact) mass is 411 g/mol. The summed E-state index contributed by atoms with van der Waals surface area (Å²) in [5.41, 5.74) is 0.337. The van der Waals surface area contributed by atoms with Crippen molar-refractivity contribution in [3.63, 3.8) is 0 Å². The van der Waals surface area contributed by atoms with Crippen LogP contribution < -0.4 is 10.1 Å². The lowest BCUT2D eigenvalue weighted by Crippen LogP contribution is -2.49. The van der Waals surface area contributed by atoms with Gasteiger partial charge in [-0.15, -0.1) is 0 Å². The normalized spacial score (nSPS) is 19.8. The average molecular weight is 411 g/mol. The predicted molar refractivity (Wildman–Crippen MR) is 108 cm³/mol. The van der Waals surface area contributed by atoms with E-state index < -0.39 is 29.7 Å². The van der Waals surface area contributed by atoms with Crippen LogP contribution in [0.5, 0.6) is 5.75 Å². The number of rotatable bonds is 3. The first-order valence-electron chi connectivity index (χ1n) is 9.43. The topological polar surface area (TPSA) is 104 Å². The highest BCUT2D eigenvalue weighted by molar-refractivity contribution is 6.06. The Morgan fingerprint density at radius 2 is 2.03 bits per heavy atom. The Morgan fingerprint density at radius 1 is 1.33 bits per heavy atom. The van der Waals surface area contributed by atoms with Crippen molar-refractivity contribution in [1.82, 2.24) is 5.32 Å². The molecule has 7 nitrogen and oxygen atoms in total. The number of benzene rings is 2. The summed E-state index contributed by atoms with van der Waals surface area (Å²) < 4.78 is 24.2. The molecular weight excluding hydrogens is 389 g/mol. The Morgan fingerprint density at radius 3 is 2.67 bits per heavy atom. The molecule has 0 spiro atoms. The van der Waals surface area contributed by atoms with Gasteiger partial charge in [0.1, 0.15) is 35.1 Å². The summed E-state index contributed by atoms with van der Waals surface area (Å²) in [5, 5.41) is 22.8. The van der Waals surface area contributed by atoms with Crippen LogP contribution in [0.3, 0.4) is 0 Å². The number of aliphatic hydroxyl groups is 1. The zero-order valence-corrected chi connectivity index (χ0v) is 16.8. The molecule has 2 atom stereocenters. The highest BCUT2D eigenvalue weighted by Crippen LogP contribution is 2.42. The molecule has 156 valence electrons. The lowest BCUT2D eigenvalue weighted by molar-refractivity contribution is -0.0567. The third kappa shape index (κ3) is 4.42. The Labute approximate surface area is 173 Å². The van der Waals surface area contributed by atoms with E-state index in [0.29, 0.717) is 22.4 Å². The molecule has 0 saturated heterocycles. The van der Waals surface area contributed by atoms with Crippen LogP contribution >= 0.6 is 0 Å². The van der Waals surface area contributed by atoms with Crippen molar-refractivity contribution in [3.8, 4) is 11.8 Å². The summed E-state index contributed by atoms with van der Waals surface area (Å²) in [5.74, 6) is 0.140. The van der Waals surface area contributed by atoms with Gasteiger partial charge in [0.2, 0.25) is 0 Å². The number of halogens is 1. The minimum Gasteiger partial charge on any atom is -0.485 e. The molecule has 0 aromatic heterocycles. The summed E-state index contributed by atoms with van der Waals surface area (Å²) >= 11 is 0. The fraction of sp³-hybridized carbons (Fsp3) is 0.318. The standard InChI is InChI=1S/C22H22FN3O4/c1-4-29-21(28)26-20(14-6-8-15(23)9-7-14)25-18-16-11-13(12-24)5-10-17(16)30-22(2,3)19(18)27/h5-11,18-19,27H,4H2,1-3H3,(H,25,26,28). The summed E-state index contributed by atoms with van der Waals surface area (Å²) in [6.07, 6.45) is -1.81. The molecular formula is C22H22FN3O4. The first kappa shape index (κ1) is 21.3. The number of ether oxygens (including phenoxy) is 2. The molecule has 0 bridgehead atoms. The van der Waals surface area contributed by atoms with Crippen LogP contribution in [-0.4, -0.2) is 35.3 Å². The number of nitriles is 1. The number of alkyl carbamates (subject to hydrolysis) is 1. The molecule has 2 unspecified atom stereocenters. The minimum atomic E-state index is -1.08. The van der Waals surface area contributed by atoms with Crippen molar-refractivity contribution in [2.45, 2.75) is 38.5 Å². The summed E-state index contributed by atoms with van der Waals surface area (Å²) in [4.78, 5) is 16.7. The quantitative estimate of drug-likeness (QED) is 0.595. The van der Waals surface area contributed by atoms with E-state index in [1.54, 1.807) is 39.0 Å². The van der Waals surface area contributed by atoms with Crippen LogP contribution in [-0.2, 0) is 4.74 Å². The largest absolute Gasteiger partial charge is 0.485 e. The van der Waals surface area contributed by atoms with Crippen LogP contribution in [0.1, 0.15) is 43.5 Å². The van der Waals surface area contributed by atoms with Crippen molar-refractivity contribution in [1.29, 1.82) is 5.26 Å². The molecule has 0 fully saturated rings. The van der Waals surface area contributed by atoms with Gasteiger partial charge in [0.25, 0.3) is 0 Å². The van der Waals surface area contributed by atoms with E-state index in [9.17, 15) is 19.6 Å². The number of nitrogens with zero attached hydrogens (tertiary/aromatic N) is 2. The van der Waals surface area contributed by atoms with E-state index in [1.165, 1.54) is 24.3 Å². The lowest BCUT2D eigenvalue weighted by atomic mass is 9.86. The van der Waals surface area contributed by atoms with E-state index in [4.69, 9.17) is 9.47 Å². The van der Waals surface area contributed by atoms with Crippen LogP contribution in [0.25, 0.3) is 0 Å². The van der Waals surface area contributed by atoms with Gasteiger partial charge in [-0.1, -0.05) is 0 Å².